The maximum absolute atomic E-state index is 11.4. The number of benzene rings is 1. The quantitative estimate of drug-likeness (QED) is 0.546. The van der Waals surface area contributed by atoms with Gasteiger partial charge in [-0.05, 0) is 18.6 Å². The topological polar surface area (TPSA) is 78.7 Å². The fraction of sp³-hybridized carbons (Fsp3) is 0.417. The van der Waals surface area contributed by atoms with Crippen LogP contribution < -0.4 is 4.74 Å². The van der Waals surface area contributed by atoms with E-state index in [0.29, 0.717) is 12.2 Å². The lowest BCUT2D eigenvalue weighted by atomic mass is 10.1. The number of carbonyl (C=O) groups is 1. The molecule has 0 unspecified atom stereocenters. The van der Waals surface area contributed by atoms with Crippen molar-refractivity contribution in [2.75, 3.05) is 20.3 Å². The smallest absolute Gasteiger partial charge is 0.310 e. The fourth-order valence-electron chi connectivity index (χ4n) is 1.53. The molecule has 0 saturated carbocycles. The molecule has 0 aliphatic carbocycles. The first kappa shape index (κ1) is 14.1. The van der Waals surface area contributed by atoms with Gasteiger partial charge in [-0.2, -0.15) is 0 Å². The van der Waals surface area contributed by atoms with Gasteiger partial charge in [0.1, 0.15) is 6.61 Å². The third-order valence-electron chi connectivity index (χ3n) is 2.23. The third-order valence-corrected chi connectivity index (χ3v) is 2.23. The SMILES string of the molecule is CCOc1cc(CC(=O)COC)ccc1[N+](=O)[O-]. The van der Waals surface area contributed by atoms with Crippen LogP contribution in [-0.2, 0) is 16.0 Å². The molecule has 0 aliphatic heterocycles. The summed E-state index contributed by atoms with van der Waals surface area (Å²) in [5, 5.41) is 10.8. The van der Waals surface area contributed by atoms with Gasteiger partial charge >= 0.3 is 5.69 Å². The molecule has 18 heavy (non-hydrogen) atoms. The van der Waals surface area contributed by atoms with E-state index < -0.39 is 4.92 Å². The van der Waals surface area contributed by atoms with Crippen LogP contribution in [0.2, 0.25) is 0 Å². The first-order valence-electron chi connectivity index (χ1n) is 5.49. The van der Waals surface area contributed by atoms with E-state index in [4.69, 9.17) is 9.47 Å². The summed E-state index contributed by atoms with van der Waals surface area (Å²) < 4.78 is 9.92. The van der Waals surface area contributed by atoms with Gasteiger partial charge in [-0.25, -0.2) is 0 Å². The van der Waals surface area contributed by atoms with E-state index in [-0.39, 0.29) is 30.2 Å². The molecule has 0 heterocycles. The molecule has 0 aromatic heterocycles. The van der Waals surface area contributed by atoms with Gasteiger partial charge in [0.05, 0.1) is 11.5 Å². The average molecular weight is 253 g/mol. The number of carbonyl (C=O) groups excluding carboxylic acids is 1. The van der Waals surface area contributed by atoms with Crippen LogP contribution in [0, 0.1) is 10.1 Å². The Morgan fingerprint density at radius 3 is 2.72 bits per heavy atom. The molecule has 6 nitrogen and oxygen atoms in total. The molecule has 0 N–H and O–H groups in total. The zero-order chi connectivity index (χ0) is 13.5. The number of ether oxygens (including phenoxy) is 2. The Labute approximate surface area is 105 Å². The highest BCUT2D eigenvalue weighted by molar-refractivity contribution is 5.82. The number of ketones is 1. The van der Waals surface area contributed by atoms with Crippen LogP contribution >= 0.6 is 0 Å². The van der Waals surface area contributed by atoms with Crippen molar-refractivity contribution in [2.24, 2.45) is 0 Å². The van der Waals surface area contributed by atoms with E-state index in [9.17, 15) is 14.9 Å². The Kier molecular flexibility index (Phi) is 5.26. The highest BCUT2D eigenvalue weighted by atomic mass is 16.6. The van der Waals surface area contributed by atoms with Crippen molar-refractivity contribution in [3.05, 3.63) is 33.9 Å². The number of nitro benzene ring substituents is 1. The van der Waals surface area contributed by atoms with E-state index in [2.05, 4.69) is 0 Å². The highest BCUT2D eigenvalue weighted by Gasteiger charge is 2.16. The molecule has 0 aliphatic rings. The number of methoxy groups -OCH3 is 1. The van der Waals surface area contributed by atoms with E-state index in [1.807, 2.05) is 0 Å². The summed E-state index contributed by atoms with van der Waals surface area (Å²) in [7, 11) is 1.44. The van der Waals surface area contributed by atoms with Crippen molar-refractivity contribution < 1.29 is 19.2 Å². The molecule has 98 valence electrons. The lowest BCUT2D eigenvalue weighted by Gasteiger charge is -2.06. The van der Waals surface area contributed by atoms with Crippen LogP contribution in [0.15, 0.2) is 18.2 Å². The normalized spacial score (nSPS) is 10.1. The second-order valence-corrected chi connectivity index (χ2v) is 3.64. The first-order valence-corrected chi connectivity index (χ1v) is 5.49. The van der Waals surface area contributed by atoms with Crippen LogP contribution in [0.1, 0.15) is 12.5 Å². The molecule has 0 bridgehead atoms. The van der Waals surface area contributed by atoms with E-state index in [0.717, 1.165) is 0 Å². The van der Waals surface area contributed by atoms with Crippen molar-refractivity contribution in [2.45, 2.75) is 13.3 Å². The molecule has 0 spiro atoms. The van der Waals surface area contributed by atoms with Gasteiger partial charge in [-0.3, -0.25) is 14.9 Å². The van der Waals surface area contributed by atoms with Gasteiger partial charge < -0.3 is 9.47 Å². The third kappa shape index (κ3) is 3.81. The van der Waals surface area contributed by atoms with Gasteiger partial charge in [0, 0.05) is 19.6 Å². The van der Waals surface area contributed by atoms with Crippen LogP contribution in [-0.4, -0.2) is 31.0 Å². The molecule has 0 fully saturated rings. The largest absolute Gasteiger partial charge is 0.487 e. The second kappa shape index (κ2) is 6.70. The summed E-state index contributed by atoms with van der Waals surface area (Å²) in [4.78, 5) is 21.7. The van der Waals surface area contributed by atoms with Gasteiger partial charge in [-0.15, -0.1) is 0 Å². The van der Waals surface area contributed by atoms with Crippen LogP contribution in [0.4, 0.5) is 5.69 Å². The summed E-state index contributed by atoms with van der Waals surface area (Å²) in [5.74, 6) is 0.0963. The molecule has 0 atom stereocenters. The molecule has 1 rings (SSSR count). The number of nitro groups is 1. The number of hydrogen-bond donors (Lipinski definition) is 0. The fourth-order valence-corrected chi connectivity index (χ4v) is 1.53. The lowest BCUT2D eigenvalue weighted by molar-refractivity contribution is -0.385. The first-order chi connectivity index (χ1) is 8.58. The summed E-state index contributed by atoms with van der Waals surface area (Å²) in [6.07, 6.45) is 0.173. The Bertz CT molecular complexity index is 444. The Morgan fingerprint density at radius 1 is 1.44 bits per heavy atom. The number of hydrogen-bond acceptors (Lipinski definition) is 5. The summed E-state index contributed by atoms with van der Waals surface area (Å²) in [5.41, 5.74) is 0.575. The zero-order valence-corrected chi connectivity index (χ0v) is 10.3. The van der Waals surface area contributed by atoms with Crippen molar-refractivity contribution >= 4 is 11.5 Å². The molecular weight excluding hydrogens is 238 g/mol. The minimum Gasteiger partial charge on any atom is -0.487 e. The lowest BCUT2D eigenvalue weighted by Crippen LogP contribution is -2.10. The number of rotatable bonds is 7. The predicted molar refractivity (Wildman–Crippen MR) is 64.9 cm³/mol. The van der Waals surface area contributed by atoms with E-state index in [1.54, 1.807) is 13.0 Å². The summed E-state index contributed by atoms with van der Waals surface area (Å²) in [6, 6.07) is 4.42. The van der Waals surface area contributed by atoms with Crippen molar-refractivity contribution in [1.82, 2.24) is 0 Å². The molecule has 1 aromatic carbocycles. The molecule has 1 aromatic rings. The minimum absolute atomic E-state index is 0.0287. The average Bonchev–Trinajstić information content (AvgIpc) is 2.29. The second-order valence-electron chi connectivity index (χ2n) is 3.64. The monoisotopic (exact) mass is 253 g/mol. The van der Waals surface area contributed by atoms with Gasteiger partial charge in [0.2, 0.25) is 0 Å². The standard InChI is InChI=1S/C12H15NO5/c1-3-18-12-7-9(6-10(14)8-17-2)4-5-11(12)13(15)16/h4-5,7H,3,6,8H2,1-2H3. The maximum atomic E-state index is 11.4. The van der Waals surface area contributed by atoms with Crippen molar-refractivity contribution in [1.29, 1.82) is 0 Å². The van der Waals surface area contributed by atoms with E-state index in [1.165, 1.54) is 19.2 Å². The molecule has 0 saturated heterocycles. The van der Waals surface area contributed by atoms with Crippen molar-refractivity contribution in [3.8, 4) is 5.75 Å². The van der Waals surface area contributed by atoms with Gasteiger partial charge in [0.25, 0.3) is 0 Å². The van der Waals surface area contributed by atoms with Crippen LogP contribution in [0.5, 0.6) is 5.75 Å². The molecule has 0 amide bonds. The van der Waals surface area contributed by atoms with Gasteiger partial charge in [0.15, 0.2) is 11.5 Å². The highest BCUT2D eigenvalue weighted by Crippen LogP contribution is 2.28. The Balaban J connectivity index is 2.92. The van der Waals surface area contributed by atoms with E-state index >= 15 is 0 Å². The van der Waals surface area contributed by atoms with Crippen LogP contribution in [0.3, 0.4) is 0 Å². The number of Topliss-reactive ketones (excluding diaryl/α,β-unsaturated/α-hetero) is 1. The Morgan fingerprint density at radius 2 is 2.17 bits per heavy atom. The predicted octanol–water partition coefficient (Wildman–Crippen LogP) is 1.75. The zero-order valence-electron chi connectivity index (χ0n) is 10.3. The summed E-state index contributed by atoms with van der Waals surface area (Å²) >= 11 is 0. The Hall–Kier alpha value is -1.95. The van der Waals surface area contributed by atoms with Crippen molar-refractivity contribution in [3.63, 3.8) is 0 Å². The van der Waals surface area contributed by atoms with Crippen LogP contribution in [0.25, 0.3) is 0 Å². The minimum atomic E-state index is -0.508. The molecule has 6 heteroatoms. The molecular formula is C12H15NO5. The number of nitrogens with zero attached hydrogens (tertiary/aromatic N) is 1. The summed E-state index contributed by atoms with van der Waals surface area (Å²) in [6.45, 7) is 2.10. The van der Waals surface area contributed by atoms with Gasteiger partial charge in [-0.1, -0.05) is 6.07 Å². The maximum Gasteiger partial charge on any atom is 0.310 e. The molecule has 0 radical (unpaired) electrons.